The van der Waals surface area contributed by atoms with Gasteiger partial charge in [0.1, 0.15) is 0 Å². The van der Waals surface area contributed by atoms with Gasteiger partial charge in [-0.3, -0.25) is 0 Å². The van der Waals surface area contributed by atoms with Crippen molar-refractivity contribution >= 4 is 15.9 Å². The number of para-hydroxylation sites is 1. The molecule has 1 saturated heterocycles. The minimum absolute atomic E-state index is 0.208. The van der Waals surface area contributed by atoms with Crippen molar-refractivity contribution in [3.8, 4) is 6.07 Å². The van der Waals surface area contributed by atoms with Crippen LogP contribution >= 0.6 is 0 Å². The highest BCUT2D eigenvalue weighted by Crippen LogP contribution is 2.18. The fourth-order valence-corrected chi connectivity index (χ4v) is 3.68. The number of nitriles is 1. The number of rotatable bonds is 5. The molecule has 0 unspecified atom stereocenters. The van der Waals surface area contributed by atoms with Crippen LogP contribution in [0.25, 0.3) is 0 Å². The lowest BCUT2D eigenvalue weighted by molar-refractivity contribution is 0.344. The van der Waals surface area contributed by atoms with E-state index in [1.54, 1.807) is 0 Å². The van der Waals surface area contributed by atoms with E-state index in [0.29, 0.717) is 26.2 Å². The summed E-state index contributed by atoms with van der Waals surface area (Å²) in [7, 11) is -1.93. The molecular weight excluding hydrogens is 288 g/mol. The number of nitrogens with zero attached hydrogens (tertiary/aromatic N) is 4. The third kappa shape index (κ3) is 3.73. The van der Waals surface area contributed by atoms with E-state index in [-0.39, 0.29) is 13.0 Å². The van der Waals surface area contributed by atoms with Crippen molar-refractivity contribution in [2.75, 3.05) is 44.7 Å². The Bertz CT molecular complexity index is 589. The van der Waals surface area contributed by atoms with Gasteiger partial charge in [-0.25, -0.2) is 0 Å². The third-order valence-electron chi connectivity index (χ3n) is 3.62. The topological polar surface area (TPSA) is 67.6 Å². The first-order valence-electron chi connectivity index (χ1n) is 6.94. The molecule has 0 atom stereocenters. The average molecular weight is 308 g/mol. The van der Waals surface area contributed by atoms with Gasteiger partial charge in [0.15, 0.2) is 0 Å². The first kappa shape index (κ1) is 15.8. The highest BCUT2D eigenvalue weighted by atomic mass is 32.2. The van der Waals surface area contributed by atoms with E-state index in [0.717, 1.165) is 5.69 Å². The summed E-state index contributed by atoms with van der Waals surface area (Å²) in [6.45, 7) is 2.52. The molecule has 0 aromatic heterocycles. The zero-order valence-corrected chi connectivity index (χ0v) is 13.0. The lowest BCUT2D eigenvalue weighted by Crippen LogP contribution is -2.52. The minimum atomic E-state index is -3.45. The molecule has 114 valence electrons. The number of anilines is 1. The van der Waals surface area contributed by atoms with Gasteiger partial charge < -0.3 is 4.90 Å². The van der Waals surface area contributed by atoms with Gasteiger partial charge in [0, 0.05) is 51.9 Å². The maximum absolute atomic E-state index is 12.4. The van der Waals surface area contributed by atoms with Crippen LogP contribution in [-0.2, 0) is 10.2 Å². The Hall–Kier alpha value is -1.62. The van der Waals surface area contributed by atoms with Crippen molar-refractivity contribution in [2.24, 2.45) is 0 Å². The molecule has 0 radical (unpaired) electrons. The van der Waals surface area contributed by atoms with E-state index in [2.05, 4.69) is 4.90 Å². The van der Waals surface area contributed by atoms with Crippen molar-refractivity contribution in [2.45, 2.75) is 6.42 Å². The number of hydrogen-bond acceptors (Lipinski definition) is 4. The van der Waals surface area contributed by atoms with Crippen LogP contribution in [0.15, 0.2) is 30.3 Å². The second kappa shape index (κ2) is 6.89. The molecule has 1 aromatic rings. The first-order chi connectivity index (χ1) is 10.1. The van der Waals surface area contributed by atoms with Crippen molar-refractivity contribution in [1.29, 1.82) is 5.26 Å². The fourth-order valence-electron chi connectivity index (χ4n) is 2.34. The average Bonchev–Trinajstić information content (AvgIpc) is 2.53. The summed E-state index contributed by atoms with van der Waals surface area (Å²) in [6.07, 6.45) is 0.208. The standard InChI is InChI=1S/C14H20N4O2S/c1-16(9-5-8-15)21(19,20)18-12-10-17(11-13-18)14-6-3-2-4-7-14/h2-4,6-7H,5,9-13H2,1H3. The molecule has 6 nitrogen and oxygen atoms in total. The molecule has 1 aliphatic rings. The molecule has 0 spiro atoms. The van der Waals surface area contributed by atoms with Crippen molar-refractivity contribution in [3.63, 3.8) is 0 Å². The Morgan fingerprint density at radius 3 is 2.38 bits per heavy atom. The summed E-state index contributed by atoms with van der Waals surface area (Å²) in [4.78, 5) is 2.18. The zero-order valence-electron chi connectivity index (χ0n) is 12.1. The Labute approximate surface area is 126 Å². The van der Waals surface area contributed by atoms with Crippen LogP contribution in [-0.4, -0.2) is 56.8 Å². The molecule has 0 saturated carbocycles. The molecule has 0 aliphatic carbocycles. The quantitative estimate of drug-likeness (QED) is 0.810. The highest BCUT2D eigenvalue weighted by Gasteiger charge is 2.30. The lowest BCUT2D eigenvalue weighted by Gasteiger charge is -2.36. The second-order valence-electron chi connectivity index (χ2n) is 4.96. The molecule has 1 fully saturated rings. The molecular formula is C14H20N4O2S. The monoisotopic (exact) mass is 308 g/mol. The van der Waals surface area contributed by atoms with Gasteiger partial charge in [-0.2, -0.15) is 22.3 Å². The molecule has 2 rings (SSSR count). The summed E-state index contributed by atoms with van der Waals surface area (Å²) < 4.78 is 27.5. The van der Waals surface area contributed by atoms with Gasteiger partial charge in [0.25, 0.3) is 10.2 Å². The summed E-state index contributed by atoms with van der Waals surface area (Å²) in [5, 5.41) is 8.56. The van der Waals surface area contributed by atoms with Gasteiger partial charge in [0.05, 0.1) is 6.07 Å². The normalized spacial score (nSPS) is 16.9. The van der Waals surface area contributed by atoms with E-state index >= 15 is 0 Å². The van der Waals surface area contributed by atoms with E-state index in [1.165, 1.54) is 15.7 Å². The second-order valence-corrected chi connectivity index (χ2v) is 6.99. The smallest absolute Gasteiger partial charge is 0.281 e. The Morgan fingerprint density at radius 2 is 1.81 bits per heavy atom. The van der Waals surface area contributed by atoms with Crippen LogP contribution < -0.4 is 4.90 Å². The highest BCUT2D eigenvalue weighted by molar-refractivity contribution is 7.86. The maximum Gasteiger partial charge on any atom is 0.281 e. The van der Waals surface area contributed by atoms with Crippen molar-refractivity contribution in [3.05, 3.63) is 30.3 Å². The van der Waals surface area contributed by atoms with Gasteiger partial charge in [-0.15, -0.1) is 0 Å². The van der Waals surface area contributed by atoms with Crippen LogP contribution in [0.1, 0.15) is 6.42 Å². The molecule has 1 heterocycles. The van der Waals surface area contributed by atoms with E-state index in [9.17, 15) is 8.42 Å². The predicted molar refractivity (Wildman–Crippen MR) is 82.0 cm³/mol. The summed E-state index contributed by atoms with van der Waals surface area (Å²) in [5.41, 5.74) is 1.12. The molecule has 0 N–H and O–H groups in total. The molecule has 1 aliphatic heterocycles. The molecule has 0 amide bonds. The van der Waals surface area contributed by atoms with E-state index in [4.69, 9.17) is 5.26 Å². The molecule has 7 heteroatoms. The van der Waals surface area contributed by atoms with Crippen LogP contribution in [0, 0.1) is 11.3 Å². The van der Waals surface area contributed by atoms with Crippen LogP contribution in [0.3, 0.4) is 0 Å². The third-order valence-corrected chi connectivity index (χ3v) is 5.61. The number of hydrogen-bond donors (Lipinski definition) is 0. The Balaban J connectivity index is 1.96. The predicted octanol–water partition coefficient (Wildman–Crippen LogP) is 0.899. The SMILES string of the molecule is CN(CCC#N)S(=O)(=O)N1CCN(c2ccccc2)CC1. The largest absolute Gasteiger partial charge is 0.369 e. The zero-order chi connectivity index (χ0) is 15.3. The summed E-state index contributed by atoms with van der Waals surface area (Å²) in [5.74, 6) is 0. The Morgan fingerprint density at radius 1 is 1.19 bits per heavy atom. The summed E-state index contributed by atoms with van der Waals surface area (Å²) in [6, 6.07) is 12.0. The van der Waals surface area contributed by atoms with Crippen molar-refractivity contribution in [1.82, 2.24) is 8.61 Å². The van der Waals surface area contributed by atoms with E-state index < -0.39 is 10.2 Å². The lowest BCUT2D eigenvalue weighted by atomic mass is 10.2. The molecule has 0 bridgehead atoms. The van der Waals surface area contributed by atoms with Gasteiger partial charge in [-0.1, -0.05) is 18.2 Å². The van der Waals surface area contributed by atoms with Crippen molar-refractivity contribution < 1.29 is 8.42 Å². The first-order valence-corrected chi connectivity index (χ1v) is 8.34. The van der Waals surface area contributed by atoms with Crippen LogP contribution in [0.2, 0.25) is 0 Å². The van der Waals surface area contributed by atoms with Gasteiger partial charge in [0.2, 0.25) is 0 Å². The van der Waals surface area contributed by atoms with Gasteiger partial charge >= 0.3 is 0 Å². The van der Waals surface area contributed by atoms with Crippen LogP contribution in [0.5, 0.6) is 0 Å². The summed E-state index contributed by atoms with van der Waals surface area (Å²) >= 11 is 0. The maximum atomic E-state index is 12.4. The molecule has 1 aromatic carbocycles. The Kier molecular flexibility index (Phi) is 5.17. The molecule has 21 heavy (non-hydrogen) atoms. The van der Waals surface area contributed by atoms with Crippen LogP contribution in [0.4, 0.5) is 5.69 Å². The van der Waals surface area contributed by atoms with Gasteiger partial charge in [-0.05, 0) is 12.1 Å². The number of piperazine rings is 1. The van der Waals surface area contributed by atoms with E-state index in [1.807, 2.05) is 36.4 Å². The number of benzene rings is 1. The minimum Gasteiger partial charge on any atom is -0.369 e. The fraction of sp³-hybridized carbons (Fsp3) is 0.500.